The average Bonchev–Trinajstić information content (AvgIpc) is 2.34. The van der Waals surface area contributed by atoms with Crippen LogP contribution in [0.4, 0.5) is 5.69 Å². The van der Waals surface area contributed by atoms with Gasteiger partial charge >= 0.3 is 5.97 Å². The van der Waals surface area contributed by atoms with Crippen LogP contribution in [0.5, 0.6) is 0 Å². The molecule has 1 atom stereocenters. The number of hydrogen-bond acceptors (Lipinski definition) is 3. The molecular formula is C13H17NO2S. The van der Waals surface area contributed by atoms with Gasteiger partial charge in [-0.1, -0.05) is 25.1 Å². The highest BCUT2D eigenvalue weighted by Crippen LogP contribution is 2.27. The van der Waals surface area contributed by atoms with Gasteiger partial charge in [0, 0.05) is 16.3 Å². The minimum absolute atomic E-state index is 0.541. The van der Waals surface area contributed by atoms with Crippen LogP contribution in [0, 0.1) is 0 Å². The number of rotatable bonds is 7. The summed E-state index contributed by atoms with van der Waals surface area (Å²) in [6, 6.07) is 7.18. The zero-order chi connectivity index (χ0) is 12.7. The van der Waals surface area contributed by atoms with Crippen molar-refractivity contribution in [1.29, 1.82) is 0 Å². The van der Waals surface area contributed by atoms with Gasteiger partial charge in [0.05, 0.1) is 0 Å². The Morgan fingerprint density at radius 3 is 2.88 bits per heavy atom. The minimum atomic E-state index is -0.823. The Morgan fingerprint density at radius 1 is 1.59 bits per heavy atom. The van der Waals surface area contributed by atoms with Crippen molar-refractivity contribution in [2.45, 2.75) is 24.3 Å². The molecule has 0 heterocycles. The largest absolute Gasteiger partial charge is 0.480 e. The maximum absolute atomic E-state index is 11.0. The van der Waals surface area contributed by atoms with Crippen molar-refractivity contribution < 1.29 is 9.90 Å². The Hall–Kier alpha value is -1.42. The third-order valence-electron chi connectivity index (χ3n) is 2.28. The quantitative estimate of drug-likeness (QED) is 0.577. The van der Waals surface area contributed by atoms with Crippen LogP contribution in [0.2, 0.25) is 0 Å². The Balaban J connectivity index is 2.81. The zero-order valence-electron chi connectivity index (χ0n) is 9.85. The third kappa shape index (κ3) is 4.15. The molecule has 1 unspecified atom stereocenters. The molecule has 0 aromatic heterocycles. The summed E-state index contributed by atoms with van der Waals surface area (Å²) in [7, 11) is 0. The van der Waals surface area contributed by atoms with Crippen molar-refractivity contribution >= 4 is 23.4 Å². The molecule has 2 N–H and O–H groups in total. The molecule has 0 saturated heterocycles. The fourth-order valence-corrected chi connectivity index (χ4v) is 2.14. The van der Waals surface area contributed by atoms with Gasteiger partial charge in [0.25, 0.3) is 0 Å². The third-order valence-corrected chi connectivity index (χ3v) is 3.35. The van der Waals surface area contributed by atoms with Crippen LogP contribution in [0.3, 0.4) is 0 Å². The van der Waals surface area contributed by atoms with E-state index in [1.54, 1.807) is 11.8 Å². The lowest BCUT2D eigenvalue weighted by molar-refractivity contribution is -0.137. The smallest absolute Gasteiger partial charge is 0.326 e. The van der Waals surface area contributed by atoms with E-state index in [-0.39, 0.29) is 0 Å². The van der Waals surface area contributed by atoms with Crippen LogP contribution in [-0.2, 0) is 4.79 Å². The Morgan fingerprint density at radius 2 is 2.29 bits per heavy atom. The molecule has 0 radical (unpaired) electrons. The standard InChI is InChI=1S/C13H17NO2S/c1-3-9-17-12-8-6-5-7-11(12)14-10(4-2)13(15)16/h3,5-8,10,14H,1,4,9H2,2H3,(H,15,16). The van der Waals surface area contributed by atoms with Gasteiger partial charge in [-0.05, 0) is 18.6 Å². The van der Waals surface area contributed by atoms with Crippen LogP contribution >= 0.6 is 11.8 Å². The number of carboxylic acids is 1. The van der Waals surface area contributed by atoms with Gasteiger partial charge in [0.2, 0.25) is 0 Å². The Kier molecular flexibility index (Phi) is 5.63. The predicted molar refractivity (Wildman–Crippen MR) is 72.7 cm³/mol. The minimum Gasteiger partial charge on any atom is -0.480 e. The van der Waals surface area contributed by atoms with Gasteiger partial charge in [0.15, 0.2) is 0 Å². The number of hydrogen-bond donors (Lipinski definition) is 2. The summed E-state index contributed by atoms with van der Waals surface area (Å²) < 4.78 is 0. The number of carbonyl (C=O) groups is 1. The molecule has 0 bridgehead atoms. The molecule has 0 aliphatic carbocycles. The van der Waals surface area contributed by atoms with Crippen molar-refractivity contribution in [2.75, 3.05) is 11.1 Å². The molecule has 0 amide bonds. The maximum atomic E-state index is 11.0. The fraction of sp³-hybridized carbons (Fsp3) is 0.308. The van der Waals surface area contributed by atoms with Crippen LogP contribution in [0.1, 0.15) is 13.3 Å². The highest BCUT2D eigenvalue weighted by Gasteiger charge is 2.15. The van der Waals surface area contributed by atoms with E-state index in [9.17, 15) is 4.79 Å². The molecule has 4 heteroatoms. The summed E-state index contributed by atoms with van der Waals surface area (Å²) in [5.41, 5.74) is 0.869. The van der Waals surface area contributed by atoms with E-state index in [0.717, 1.165) is 16.3 Å². The van der Waals surface area contributed by atoms with Crippen LogP contribution in [0.15, 0.2) is 41.8 Å². The number of aliphatic carboxylic acids is 1. The first-order chi connectivity index (χ1) is 8.19. The van der Waals surface area contributed by atoms with Crippen LogP contribution in [0.25, 0.3) is 0 Å². The van der Waals surface area contributed by atoms with Gasteiger partial charge in [-0.15, -0.1) is 18.3 Å². The maximum Gasteiger partial charge on any atom is 0.326 e. The first kappa shape index (κ1) is 13.6. The summed E-state index contributed by atoms with van der Waals surface area (Å²) in [6.07, 6.45) is 2.38. The van der Waals surface area contributed by atoms with Gasteiger partial charge in [-0.2, -0.15) is 0 Å². The molecular weight excluding hydrogens is 234 g/mol. The Labute approximate surface area is 106 Å². The van der Waals surface area contributed by atoms with E-state index >= 15 is 0 Å². The van der Waals surface area contributed by atoms with E-state index in [4.69, 9.17) is 5.11 Å². The number of benzene rings is 1. The first-order valence-electron chi connectivity index (χ1n) is 5.51. The van der Waals surface area contributed by atoms with E-state index in [2.05, 4.69) is 11.9 Å². The second kappa shape index (κ2) is 7.01. The normalized spacial score (nSPS) is 11.8. The summed E-state index contributed by atoms with van der Waals surface area (Å²) in [4.78, 5) is 12.0. The average molecular weight is 251 g/mol. The highest BCUT2D eigenvalue weighted by atomic mass is 32.2. The zero-order valence-corrected chi connectivity index (χ0v) is 10.7. The first-order valence-corrected chi connectivity index (χ1v) is 6.49. The molecule has 17 heavy (non-hydrogen) atoms. The van der Waals surface area contributed by atoms with Crippen molar-refractivity contribution in [1.82, 2.24) is 0 Å². The number of carboxylic acid groups (broad SMARTS) is 1. The molecule has 1 aromatic rings. The predicted octanol–water partition coefficient (Wildman–Crippen LogP) is 3.24. The van der Waals surface area contributed by atoms with Gasteiger partial charge in [-0.25, -0.2) is 4.79 Å². The summed E-state index contributed by atoms with van der Waals surface area (Å²) in [5, 5.41) is 12.1. The lowest BCUT2D eigenvalue weighted by Crippen LogP contribution is -2.28. The summed E-state index contributed by atoms with van der Waals surface area (Å²) >= 11 is 1.64. The SMILES string of the molecule is C=CCSc1ccccc1NC(CC)C(=O)O. The lowest BCUT2D eigenvalue weighted by Gasteiger charge is -2.16. The molecule has 0 aliphatic heterocycles. The highest BCUT2D eigenvalue weighted by molar-refractivity contribution is 7.99. The monoisotopic (exact) mass is 251 g/mol. The van der Waals surface area contributed by atoms with E-state index in [0.29, 0.717) is 6.42 Å². The summed E-state index contributed by atoms with van der Waals surface area (Å²) in [5.74, 6) is -0.0150. The number of anilines is 1. The van der Waals surface area contributed by atoms with Crippen molar-refractivity contribution in [2.24, 2.45) is 0 Å². The lowest BCUT2D eigenvalue weighted by atomic mass is 10.2. The second-order valence-electron chi connectivity index (χ2n) is 3.54. The molecule has 0 aliphatic rings. The molecule has 1 aromatic carbocycles. The van der Waals surface area contributed by atoms with Gasteiger partial charge < -0.3 is 10.4 Å². The van der Waals surface area contributed by atoms with Crippen molar-refractivity contribution in [3.8, 4) is 0 Å². The molecule has 0 saturated carbocycles. The van der Waals surface area contributed by atoms with E-state index < -0.39 is 12.0 Å². The molecule has 1 rings (SSSR count). The van der Waals surface area contributed by atoms with E-state index in [1.807, 2.05) is 37.3 Å². The van der Waals surface area contributed by atoms with Crippen molar-refractivity contribution in [3.05, 3.63) is 36.9 Å². The number of thioether (sulfide) groups is 1. The van der Waals surface area contributed by atoms with Crippen molar-refractivity contribution in [3.63, 3.8) is 0 Å². The number of para-hydroxylation sites is 1. The van der Waals surface area contributed by atoms with E-state index in [1.165, 1.54) is 0 Å². The molecule has 3 nitrogen and oxygen atoms in total. The summed E-state index contributed by atoms with van der Waals surface area (Å²) in [6.45, 7) is 5.53. The van der Waals surface area contributed by atoms with Gasteiger partial charge in [-0.3, -0.25) is 0 Å². The molecule has 0 spiro atoms. The topological polar surface area (TPSA) is 49.3 Å². The molecule has 0 fully saturated rings. The number of nitrogens with one attached hydrogen (secondary N) is 1. The second-order valence-corrected chi connectivity index (χ2v) is 4.60. The van der Waals surface area contributed by atoms with Crippen LogP contribution < -0.4 is 5.32 Å². The van der Waals surface area contributed by atoms with Crippen LogP contribution in [-0.4, -0.2) is 22.9 Å². The molecule has 92 valence electrons. The van der Waals surface area contributed by atoms with Gasteiger partial charge in [0.1, 0.15) is 6.04 Å². The fourth-order valence-electron chi connectivity index (χ4n) is 1.39. The Bertz CT molecular complexity index is 393.